The van der Waals surface area contributed by atoms with E-state index in [1.54, 1.807) is 19.1 Å². The Hall–Kier alpha value is -1.60. The highest BCUT2D eigenvalue weighted by atomic mass is 32.2. The third-order valence-corrected chi connectivity index (χ3v) is 6.35. The summed E-state index contributed by atoms with van der Waals surface area (Å²) in [5, 5.41) is 8.73. The fourth-order valence-electron chi connectivity index (χ4n) is 2.73. The molecule has 1 aromatic carbocycles. The SMILES string of the molecule is COCCC(C)S(=O)(=O)N1c2cccc(C)c2CC1C(=O)O. The average molecular weight is 327 g/mol. The number of rotatable bonds is 6. The number of carboxylic acids is 1. The molecule has 7 heteroatoms. The van der Waals surface area contributed by atoms with Gasteiger partial charge in [0.2, 0.25) is 10.0 Å². The first-order valence-corrected chi connectivity index (χ1v) is 8.64. The molecule has 6 nitrogen and oxygen atoms in total. The summed E-state index contributed by atoms with van der Waals surface area (Å²) >= 11 is 0. The predicted octanol–water partition coefficient (Wildman–Crippen LogP) is 1.57. The zero-order valence-corrected chi connectivity index (χ0v) is 13.8. The molecule has 2 unspecified atom stereocenters. The van der Waals surface area contributed by atoms with Crippen molar-refractivity contribution in [3.63, 3.8) is 0 Å². The Morgan fingerprint density at radius 2 is 2.18 bits per heavy atom. The summed E-state index contributed by atoms with van der Waals surface area (Å²) in [6.07, 6.45) is 0.524. The monoisotopic (exact) mass is 327 g/mol. The minimum Gasteiger partial charge on any atom is -0.480 e. The van der Waals surface area contributed by atoms with Crippen LogP contribution in [-0.4, -0.2) is 44.5 Å². The van der Waals surface area contributed by atoms with Crippen LogP contribution in [0.3, 0.4) is 0 Å². The van der Waals surface area contributed by atoms with E-state index in [1.165, 1.54) is 7.11 Å². The summed E-state index contributed by atoms with van der Waals surface area (Å²) in [6.45, 7) is 3.76. The molecular weight excluding hydrogens is 306 g/mol. The quantitative estimate of drug-likeness (QED) is 0.857. The van der Waals surface area contributed by atoms with Gasteiger partial charge >= 0.3 is 5.97 Å². The van der Waals surface area contributed by atoms with Crippen LogP contribution in [-0.2, 0) is 26.0 Å². The van der Waals surface area contributed by atoms with E-state index in [9.17, 15) is 18.3 Å². The van der Waals surface area contributed by atoms with Crippen LogP contribution >= 0.6 is 0 Å². The summed E-state index contributed by atoms with van der Waals surface area (Å²) in [7, 11) is -2.25. The predicted molar refractivity (Wildman–Crippen MR) is 83.7 cm³/mol. The Morgan fingerprint density at radius 3 is 2.77 bits per heavy atom. The number of ether oxygens (including phenoxy) is 1. The molecule has 0 amide bonds. The second-order valence-electron chi connectivity index (χ2n) is 5.56. The standard InChI is InChI=1S/C15H21NO5S/c1-10-5-4-6-13-12(10)9-14(15(17)18)16(13)22(19,20)11(2)7-8-21-3/h4-6,11,14H,7-9H2,1-3H3,(H,17,18). The number of hydrogen-bond donors (Lipinski definition) is 1. The molecule has 0 aromatic heterocycles. The van der Waals surface area contributed by atoms with Crippen molar-refractivity contribution in [3.05, 3.63) is 29.3 Å². The Kier molecular flexibility index (Phi) is 4.77. The van der Waals surface area contributed by atoms with Gasteiger partial charge in [-0.1, -0.05) is 12.1 Å². The van der Waals surface area contributed by atoms with E-state index in [4.69, 9.17) is 4.74 Å². The van der Waals surface area contributed by atoms with Gasteiger partial charge in [0.25, 0.3) is 0 Å². The zero-order valence-electron chi connectivity index (χ0n) is 12.9. The highest BCUT2D eigenvalue weighted by molar-refractivity contribution is 7.93. The van der Waals surface area contributed by atoms with E-state index in [-0.39, 0.29) is 6.42 Å². The smallest absolute Gasteiger partial charge is 0.327 e. The minimum atomic E-state index is -3.76. The zero-order chi connectivity index (χ0) is 16.5. The summed E-state index contributed by atoms with van der Waals surface area (Å²) < 4.78 is 31.7. The maximum atomic E-state index is 12.8. The van der Waals surface area contributed by atoms with Crippen molar-refractivity contribution in [2.75, 3.05) is 18.0 Å². The van der Waals surface area contributed by atoms with E-state index in [1.807, 2.05) is 13.0 Å². The average Bonchev–Trinajstić information content (AvgIpc) is 2.86. The van der Waals surface area contributed by atoms with E-state index in [0.717, 1.165) is 15.4 Å². The molecule has 2 rings (SSSR count). The van der Waals surface area contributed by atoms with Crippen LogP contribution in [0, 0.1) is 6.92 Å². The first-order chi connectivity index (χ1) is 10.3. The van der Waals surface area contributed by atoms with Gasteiger partial charge < -0.3 is 9.84 Å². The third kappa shape index (κ3) is 2.83. The highest BCUT2D eigenvalue weighted by Gasteiger charge is 2.44. The van der Waals surface area contributed by atoms with Crippen LogP contribution in [0.5, 0.6) is 0 Å². The fourth-order valence-corrected chi connectivity index (χ4v) is 4.48. The van der Waals surface area contributed by atoms with Gasteiger partial charge in [-0.15, -0.1) is 0 Å². The van der Waals surface area contributed by atoms with Crippen molar-refractivity contribution >= 4 is 21.7 Å². The Labute approximate surface area is 130 Å². The van der Waals surface area contributed by atoms with Crippen molar-refractivity contribution in [3.8, 4) is 0 Å². The number of anilines is 1. The lowest BCUT2D eigenvalue weighted by Gasteiger charge is -2.27. The molecule has 1 aliphatic heterocycles. The number of sulfonamides is 1. The largest absolute Gasteiger partial charge is 0.480 e. The Bertz CT molecular complexity index is 671. The van der Waals surface area contributed by atoms with Crippen LogP contribution in [0.4, 0.5) is 5.69 Å². The molecule has 0 aliphatic carbocycles. The second-order valence-corrected chi connectivity index (χ2v) is 7.79. The molecule has 0 spiro atoms. The number of hydrogen-bond acceptors (Lipinski definition) is 4. The van der Waals surface area contributed by atoms with E-state index < -0.39 is 27.3 Å². The molecule has 2 atom stereocenters. The number of carbonyl (C=O) groups is 1. The molecule has 1 aliphatic rings. The summed E-state index contributed by atoms with van der Waals surface area (Å²) in [5.74, 6) is -1.13. The maximum Gasteiger partial charge on any atom is 0.327 e. The van der Waals surface area contributed by atoms with Gasteiger partial charge in [0, 0.05) is 20.1 Å². The van der Waals surface area contributed by atoms with Crippen molar-refractivity contribution in [2.24, 2.45) is 0 Å². The molecule has 1 N–H and O–H groups in total. The number of benzene rings is 1. The van der Waals surface area contributed by atoms with Crippen LogP contribution in [0.15, 0.2) is 18.2 Å². The molecular formula is C15H21NO5S. The number of nitrogens with zero attached hydrogens (tertiary/aromatic N) is 1. The van der Waals surface area contributed by atoms with Gasteiger partial charge in [-0.05, 0) is 37.5 Å². The molecule has 0 fully saturated rings. The molecule has 1 aromatic rings. The van der Waals surface area contributed by atoms with E-state index in [0.29, 0.717) is 18.7 Å². The number of aliphatic carboxylic acids is 1. The molecule has 0 saturated carbocycles. The van der Waals surface area contributed by atoms with Crippen LogP contribution in [0.2, 0.25) is 0 Å². The Balaban J connectivity index is 2.47. The normalized spacial score (nSPS) is 19.0. The molecule has 22 heavy (non-hydrogen) atoms. The summed E-state index contributed by atoms with van der Waals surface area (Å²) in [6, 6.07) is 4.21. The maximum absolute atomic E-state index is 12.8. The van der Waals surface area contributed by atoms with Crippen molar-refractivity contribution in [1.29, 1.82) is 0 Å². The van der Waals surface area contributed by atoms with Gasteiger partial charge in [0.05, 0.1) is 10.9 Å². The lowest BCUT2D eigenvalue weighted by Crippen LogP contribution is -2.46. The van der Waals surface area contributed by atoms with E-state index >= 15 is 0 Å². The van der Waals surface area contributed by atoms with Crippen LogP contribution in [0.1, 0.15) is 24.5 Å². The lowest BCUT2D eigenvalue weighted by atomic mass is 10.0. The number of fused-ring (bicyclic) bond motifs is 1. The first-order valence-electron chi connectivity index (χ1n) is 7.14. The highest BCUT2D eigenvalue weighted by Crippen LogP contribution is 2.37. The fraction of sp³-hybridized carbons (Fsp3) is 0.533. The molecule has 122 valence electrons. The minimum absolute atomic E-state index is 0.202. The van der Waals surface area contributed by atoms with Crippen LogP contribution in [0.25, 0.3) is 0 Å². The van der Waals surface area contributed by atoms with Gasteiger partial charge in [-0.25, -0.2) is 13.2 Å². The summed E-state index contributed by atoms with van der Waals surface area (Å²) in [5.41, 5.74) is 2.18. The van der Waals surface area contributed by atoms with Crippen molar-refractivity contribution in [1.82, 2.24) is 0 Å². The van der Waals surface area contributed by atoms with Crippen molar-refractivity contribution in [2.45, 2.75) is 38.0 Å². The first kappa shape index (κ1) is 16.8. The molecule has 0 bridgehead atoms. The summed E-state index contributed by atoms with van der Waals surface area (Å²) in [4.78, 5) is 11.5. The van der Waals surface area contributed by atoms with Crippen LogP contribution < -0.4 is 4.31 Å². The molecule has 1 heterocycles. The number of carboxylic acid groups (broad SMARTS) is 1. The van der Waals surface area contributed by atoms with Gasteiger partial charge in [0.1, 0.15) is 6.04 Å². The van der Waals surface area contributed by atoms with E-state index in [2.05, 4.69) is 0 Å². The number of aryl methyl sites for hydroxylation is 1. The third-order valence-electron chi connectivity index (χ3n) is 4.10. The van der Waals surface area contributed by atoms with Crippen molar-refractivity contribution < 1.29 is 23.1 Å². The Morgan fingerprint density at radius 1 is 1.50 bits per heavy atom. The van der Waals surface area contributed by atoms with Gasteiger partial charge in [0.15, 0.2) is 0 Å². The molecule has 0 radical (unpaired) electrons. The lowest BCUT2D eigenvalue weighted by molar-refractivity contribution is -0.138. The second kappa shape index (κ2) is 6.26. The topological polar surface area (TPSA) is 83.9 Å². The van der Waals surface area contributed by atoms with Gasteiger partial charge in [-0.3, -0.25) is 4.31 Å². The van der Waals surface area contributed by atoms with Gasteiger partial charge in [-0.2, -0.15) is 0 Å². The molecule has 0 saturated heterocycles. The number of methoxy groups -OCH3 is 1.